The Morgan fingerprint density at radius 2 is 2.03 bits per heavy atom. The Labute approximate surface area is 206 Å². The number of hydrogen-bond donors (Lipinski definition) is 5. The van der Waals surface area contributed by atoms with Crippen LogP contribution in [0.25, 0.3) is 11.2 Å². The fraction of sp³-hybridized carbons (Fsp3) is 0.350. The Hall–Kier alpha value is -3.76. The summed E-state index contributed by atoms with van der Waals surface area (Å²) in [6.07, 6.45) is -4.01. The molecule has 1 aromatic carbocycles. The Morgan fingerprint density at radius 3 is 2.72 bits per heavy atom. The van der Waals surface area contributed by atoms with Crippen LogP contribution in [0.15, 0.2) is 36.7 Å². The number of nitrogens with one attached hydrogen (secondary N) is 1. The van der Waals surface area contributed by atoms with Crippen molar-refractivity contribution < 1.29 is 29.6 Å². The second-order valence-electron chi connectivity index (χ2n) is 8.09. The SMILES string of the molecule is Nc1nc(Cl)nc2c1ncn2[C@@H]1O[C@H](COC(Cc2ccccc2)(C(=O)O)c2nn[nH]n2)[C@@H](O)[C@H]1O. The van der Waals surface area contributed by atoms with Gasteiger partial charge in [-0.05, 0) is 17.2 Å². The van der Waals surface area contributed by atoms with E-state index in [2.05, 4.69) is 35.6 Å². The van der Waals surface area contributed by atoms with Gasteiger partial charge in [-0.1, -0.05) is 35.5 Å². The van der Waals surface area contributed by atoms with Crippen molar-refractivity contribution >= 4 is 34.6 Å². The van der Waals surface area contributed by atoms with Crippen LogP contribution in [0.4, 0.5) is 5.82 Å². The van der Waals surface area contributed by atoms with Crippen LogP contribution in [0.5, 0.6) is 0 Å². The summed E-state index contributed by atoms with van der Waals surface area (Å²) in [6, 6.07) is 8.74. The fourth-order valence-electron chi connectivity index (χ4n) is 4.06. The van der Waals surface area contributed by atoms with Gasteiger partial charge in [0.05, 0.1) is 12.9 Å². The van der Waals surface area contributed by atoms with E-state index in [0.29, 0.717) is 5.56 Å². The van der Waals surface area contributed by atoms with E-state index in [0.717, 1.165) is 0 Å². The number of nitrogen functional groups attached to an aromatic ring is 1. The van der Waals surface area contributed by atoms with Gasteiger partial charge in [0.2, 0.25) is 16.7 Å². The van der Waals surface area contributed by atoms with Gasteiger partial charge in [-0.2, -0.15) is 15.2 Å². The summed E-state index contributed by atoms with van der Waals surface area (Å²) in [7, 11) is 0. The molecule has 4 aromatic rings. The summed E-state index contributed by atoms with van der Waals surface area (Å²) in [5.74, 6) is -1.56. The quantitative estimate of drug-likeness (QED) is 0.185. The smallest absolute Gasteiger partial charge is 0.344 e. The normalized spacial score (nSPS) is 23.6. The van der Waals surface area contributed by atoms with Crippen LogP contribution >= 0.6 is 11.6 Å². The van der Waals surface area contributed by atoms with Gasteiger partial charge in [-0.25, -0.2) is 9.78 Å². The lowest BCUT2D eigenvalue weighted by molar-refractivity contribution is -0.177. The zero-order valence-electron chi connectivity index (χ0n) is 18.3. The van der Waals surface area contributed by atoms with Crippen molar-refractivity contribution in [1.29, 1.82) is 0 Å². The maximum atomic E-state index is 12.5. The third-order valence-corrected chi connectivity index (χ3v) is 6.04. The third kappa shape index (κ3) is 4.12. The molecule has 6 N–H and O–H groups in total. The molecule has 3 aromatic heterocycles. The first-order valence-corrected chi connectivity index (χ1v) is 11.0. The van der Waals surface area contributed by atoms with Crippen LogP contribution < -0.4 is 5.73 Å². The van der Waals surface area contributed by atoms with Gasteiger partial charge in [-0.3, -0.25) is 4.57 Å². The van der Waals surface area contributed by atoms with Crippen molar-refractivity contribution in [2.45, 2.75) is 36.6 Å². The van der Waals surface area contributed by atoms with Crippen molar-refractivity contribution in [3.05, 3.63) is 53.3 Å². The molecule has 0 amide bonds. The molecule has 0 aliphatic carbocycles. The van der Waals surface area contributed by atoms with Gasteiger partial charge in [0.15, 0.2) is 17.7 Å². The zero-order chi connectivity index (χ0) is 25.4. The number of aromatic nitrogens is 8. The van der Waals surface area contributed by atoms with Gasteiger partial charge in [0.25, 0.3) is 0 Å². The highest BCUT2D eigenvalue weighted by Gasteiger charge is 2.50. The first-order chi connectivity index (χ1) is 17.3. The Morgan fingerprint density at radius 1 is 1.25 bits per heavy atom. The first-order valence-electron chi connectivity index (χ1n) is 10.6. The van der Waals surface area contributed by atoms with Crippen molar-refractivity contribution in [2.75, 3.05) is 12.3 Å². The Bertz CT molecular complexity index is 1370. The maximum absolute atomic E-state index is 12.5. The van der Waals surface area contributed by atoms with Crippen LogP contribution in [0.2, 0.25) is 5.28 Å². The summed E-state index contributed by atoms with van der Waals surface area (Å²) in [5.41, 5.74) is 4.82. The minimum absolute atomic E-state index is 0.0314. The van der Waals surface area contributed by atoms with E-state index in [1.54, 1.807) is 30.3 Å². The predicted octanol–water partition coefficient (Wildman–Crippen LogP) is -0.566. The number of carbonyl (C=O) groups is 1. The molecular formula is C20H20ClN9O6. The number of nitrogens with two attached hydrogens (primary N) is 1. The van der Waals surface area contributed by atoms with Crippen molar-refractivity contribution in [2.24, 2.45) is 0 Å². The minimum Gasteiger partial charge on any atom is -0.479 e. The van der Waals surface area contributed by atoms with Gasteiger partial charge in [-0.15, -0.1) is 10.2 Å². The van der Waals surface area contributed by atoms with Crippen LogP contribution in [0, 0.1) is 0 Å². The van der Waals surface area contributed by atoms with Crippen molar-refractivity contribution in [1.82, 2.24) is 40.1 Å². The molecule has 4 heterocycles. The van der Waals surface area contributed by atoms with Crippen LogP contribution in [0.3, 0.4) is 0 Å². The number of halogens is 1. The molecule has 15 nitrogen and oxygen atoms in total. The van der Waals surface area contributed by atoms with Gasteiger partial charge >= 0.3 is 5.97 Å². The number of rotatable bonds is 8. The number of fused-ring (bicyclic) bond motifs is 1. The summed E-state index contributed by atoms with van der Waals surface area (Å²) in [6.45, 7) is -0.438. The monoisotopic (exact) mass is 517 g/mol. The number of benzene rings is 1. The van der Waals surface area contributed by atoms with Crippen LogP contribution in [0.1, 0.15) is 17.6 Å². The zero-order valence-corrected chi connectivity index (χ0v) is 19.1. The highest BCUT2D eigenvalue weighted by molar-refractivity contribution is 6.28. The summed E-state index contributed by atoms with van der Waals surface area (Å²) < 4.78 is 13.1. The first kappa shape index (κ1) is 24.0. The molecule has 1 saturated heterocycles. The average Bonchev–Trinajstić information content (AvgIpc) is 3.59. The molecule has 1 aliphatic rings. The largest absolute Gasteiger partial charge is 0.479 e. The number of anilines is 1. The lowest BCUT2D eigenvalue weighted by atomic mass is 9.93. The molecule has 1 unspecified atom stereocenters. The number of H-pyrrole nitrogens is 1. The number of ether oxygens (including phenoxy) is 2. The predicted molar refractivity (Wildman–Crippen MR) is 120 cm³/mol. The van der Waals surface area contributed by atoms with E-state index < -0.39 is 42.7 Å². The van der Waals surface area contributed by atoms with Gasteiger partial charge < -0.3 is 30.5 Å². The topological polar surface area (TPSA) is 220 Å². The molecule has 16 heteroatoms. The third-order valence-electron chi connectivity index (χ3n) is 5.87. The number of hydrogen-bond acceptors (Lipinski definition) is 12. The second-order valence-corrected chi connectivity index (χ2v) is 8.43. The summed E-state index contributed by atoms with van der Waals surface area (Å²) in [4.78, 5) is 24.5. The molecule has 0 radical (unpaired) electrons. The molecule has 0 bridgehead atoms. The molecule has 5 rings (SSSR count). The number of carboxylic acid groups (broad SMARTS) is 1. The minimum atomic E-state index is -2.06. The van der Waals surface area contributed by atoms with Crippen molar-refractivity contribution in [3.8, 4) is 0 Å². The van der Waals surface area contributed by atoms with E-state index in [1.165, 1.54) is 10.9 Å². The molecular weight excluding hydrogens is 498 g/mol. The van der Waals surface area contributed by atoms with Gasteiger partial charge in [0, 0.05) is 6.42 Å². The molecule has 0 spiro atoms. The summed E-state index contributed by atoms with van der Waals surface area (Å²) in [5, 5.41) is 44.8. The average molecular weight is 518 g/mol. The summed E-state index contributed by atoms with van der Waals surface area (Å²) >= 11 is 5.91. The van der Waals surface area contributed by atoms with Crippen LogP contribution in [-0.2, 0) is 26.3 Å². The molecule has 0 saturated carbocycles. The highest BCUT2D eigenvalue weighted by Crippen LogP contribution is 2.35. The van der Waals surface area contributed by atoms with Crippen molar-refractivity contribution in [3.63, 3.8) is 0 Å². The number of aliphatic carboxylic acids is 1. The van der Waals surface area contributed by atoms with Crippen LogP contribution in [-0.4, -0.2) is 86.4 Å². The van der Waals surface area contributed by atoms with Gasteiger partial charge in [0.1, 0.15) is 23.8 Å². The Kier molecular flexibility index (Phi) is 6.23. The standard InChI is InChI=1S/C20H20ClN9O6/c21-19-24-14(22)11-15(25-19)30(8-23-11)16-13(32)12(31)10(36-16)7-35-20(18(33)34,17-26-28-29-27-17)6-9-4-2-1-3-5-9/h1-5,8,10,12-13,16,31-32H,6-7H2,(H,33,34)(H2,22,24,25)(H,26,27,28,29)/t10-,12-,13-,16-,20?/m1/s1. The number of nitrogens with zero attached hydrogens (tertiary/aromatic N) is 7. The van der Waals surface area contributed by atoms with E-state index >= 15 is 0 Å². The fourth-order valence-corrected chi connectivity index (χ4v) is 4.23. The molecule has 36 heavy (non-hydrogen) atoms. The van der Waals surface area contributed by atoms with E-state index in [4.69, 9.17) is 26.8 Å². The number of tetrazole rings is 1. The second kappa shape index (κ2) is 9.36. The number of carboxylic acids is 1. The number of imidazole rings is 1. The lowest BCUT2D eigenvalue weighted by Crippen LogP contribution is -2.45. The molecule has 188 valence electrons. The number of aliphatic hydroxyl groups excluding tert-OH is 2. The van der Waals surface area contributed by atoms with E-state index in [9.17, 15) is 20.1 Å². The number of aromatic amines is 1. The maximum Gasteiger partial charge on any atom is 0.344 e. The lowest BCUT2D eigenvalue weighted by Gasteiger charge is -2.28. The highest BCUT2D eigenvalue weighted by atomic mass is 35.5. The molecule has 5 atom stereocenters. The Balaban J connectivity index is 1.42. The van der Waals surface area contributed by atoms with E-state index in [1.807, 2.05) is 0 Å². The molecule has 1 fully saturated rings. The number of aliphatic hydroxyl groups is 2. The molecule has 1 aliphatic heterocycles. The van der Waals surface area contributed by atoms with E-state index in [-0.39, 0.29) is 34.5 Å².